The molecule has 1 atom stereocenters. The monoisotopic (exact) mass is 228 g/mol. The van der Waals surface area contributed by atoms with Crippen LogP contribution in [-0.4, -0.2) is 14.5 Å². The van der Waals surface area contributed by atoms with Gasteiger partial charge in [0.15, 0.2) is 0 Å². The molecule has 5 heteroatoms. The third-order valence-corrected chi connectivity index (χ3v) is 1.87. The van der Waals surface area contributed by atoms with E-state index in [2.05, 4.69) is 9.69 Å². The molecule has 4 nitrogen and oxygen atoms in total. The van der Waals surface area contributed by atoms with E-state index in [4.69, 9.17) is 5.73 Å². The largest absolute Gasteiger partial charge is 0.300 e. The molecule has 0 aromatic rings. The maximum atomic E-state index is 10.3. The molecule has 0 fully saturated rings. The van der Waals surface area contributed by atoms with Crippen LogP contribution in [0.3, 0.4) is 0 Å². The third-order valence-electron chi connectivity index (χ3n) is 0.478. The van der Waals surface area contributed by atoms with Crippen molar-refractivity contribution < 1.29 is 4.79 Å². The minimum atomic E-state index is -1.17. The molecule has 0 heterocycles. The average molecular weight is 228 g/mol. The summed E-state index contributed by atoms with van der Waals surface area (Å²) in [6.07, 6.45) is -1.17. The smallest absolute Gasteiger partial charge is 0.228 e. The van der Waals surface area contributed by atoms with E-state index in [1.54, 1.807) is 0 Å². The standard InChI is InChI=1S/C3H5IN2O2/c1-4-2(7)3(5)6-8/h3H,1,5H2/t3-/m1/s1. The summed E-state index contributed by atoms with van der Waals surface area (Å²) in [5, 5.41) is 2.32. The zero-order valence-electron chi connectivity index (χ0n) is 4.00. The fourth-order valence-electron chi connectivity index (χ4n) is 0.120. The Morgan fingerprint density at radius 3 is 2.50 bits per heavy atom. The molecule has 0 aromatic heterocycles. The Bertz CT molecular complexity index is 124. The first-order chi connectivity index (χ1) is 3.72. The summed E-state index contributed by atoms with van der Waals surface area (Å²) in [6.45, 7) is 0. The van der Waals surface area contributed by atoms with Gasteiger partial charge in [0.25, 0.3) is 0 Å². The minimum absolute atomic E-state index is 0.321. The van der Waals surface area contributed by atoms with Crippen molar-refractivity contribution in [2.75, 3.05) is 0 Å². The van der Waals surface area contributed by atoms with Crippen LogP contribution in [0.15, 0.2) is 5.18 Å². The quantitative estimate of drug-likeness (QED) is 0.418. The molecule has 46 valence electrons. The summed E-state index contributed by atoms with van der Waals surface area (Å²) in [7, 11) is 0. The molecule has 8 heavy (non-hydrogen) atoms. The Morgan fingerprint density at radius 2 is 2.38 bits per heavy atom. The number of nitrogens with zero attached hydrogens (tertiary/aromatic N) is 1. The van der Waals surface area contributed by atoms with Gasteiger partial charge in [-0.1, -0.05) is 4.51 Å². The Kier molecular flexibility index (Phi) is 3.71. The highest BCUT2D eigenvalue weighted by atomic mass is 127. The Labute approximate surface area is 56.2 Å². The van der Waals surface area contributed by atoms with Crippen molar-refractivity contribution in [3.63, 3.8) is 0 Å². The van der Waals surface area contributed by atoms with E-state index in [1.807, 2.05) is 0 Å². The molecule has 0 aliphatic heterocycles. The van der Waals surface area contributed by atoms with Crippen molar-refractivity contribution in [2.45, 2.75) is 6.17 Å². The summed E-state index contributed by atoms with van der Waals surface area (Å²) in [6, 6.07) is 0. The molecule has 0 spiro atoms. The van der Waals surface area contributed by atoms with E-state index >= 15 is 0 Å². The number of rotatable bonds is 3. The van der Waals surface area contributed by atoms with E-state index < -0.39 is 26.9 Å². The SMILES string of the molecule is C=IC(=O)[C@H](N)N=O. The fraction of sp³-hybridized carbons (Fsp3) is 0.333. The second kappa shape index (κ2) is 3.79. The molecule has 0 saturated carbocycles. The van der Waals surface area contributed by atoms with E-state index in [0.29, 0.717) is 0 Å². The summed E-state index contributed by atoms with van der Waals surface area (Å²) in [5.41, 5.74) is 4.89. The topological polar surface area (TPSA) is 72.5 Å². The first kappa shape index (κ1) is 7.83. The lowest BCUT2D eigenvalue weighted by molar-refractivity contribution is -0.110. The van der Waals surface area contributed by atoms with Crippen molar-refractivity contribution in [3.8, 4) is 0 Å². The highest BCUT2D eigenvalue weighted by molar-refractivity contribution is 14.2. The van der Waals surface area contributed by atoms with Gasteiger partial charge >= 0.3 is 0 Å². The van der Waals surface area contributed by atoms with Gasteiger partial charge < -0.3 is 0 Å². The van der Waals surface area contributed by atoms with Gasteiger partial charge in [0.1, 0.15) is 0 Å². The number of carbonyl (C=O) groups is 1. The molecule has 0 aromatic carbocycles. The second-order valence-corrected chi connectivity index (χ2v) is 2.81. The second-order valence-electron chi connectivity index (χ2n) is 0.988. The van der Waals surface area contributed by atoms with Crippen LogP contribution >= 0.6 is 20.7 Å². The van der Waals surface area contributed by atoms with E-state index in [9.17, 15) is 9.70 Å². The summed E-state index contributed by atoms with van der Waals surface area (Å²) >= 11 is -0.810. The van der Waals surface area contributed by atoms with Gasteiger partial charge in [-0.15, -0.1) is 4.91 Å². The fourth-order valence-corrected chi connectivity index (χ4v) is 0.685. The van der Waals surface area contributed by atoms with Crippen molar-refractivity contribution in [1.82, 2.24) is 0 Å². The van der Waals surface area contributed by atoms with Gasteiger partial charge in [0, 0.05) is 0 Å². The predicted molar refractivity (Wildman–Crippen MR) is 39.9 cm³/mol. The maximum absolute atomic E-state index is 10.3. The highest BCUT2D eigenvalue weighted by Crippen LogP contribution is 1.97. The zero-order chi connectivity index (χ0) is 6.57. The molecular weight excluding hydrogens is 223 g/mol. The Hall–Kier alpha value is -0.170. The molecule has 0 unspecified atom stereocenters. The average Bonchev–Trinajstić information content (AvgIpc) is 1.84. The number of carbonyl (C=O) groups excluding carboxylic acids is 1. The molecule has 0 saturated heterocycles. The van der Waals surface area contributed by atoms with E-state index in [1.165, 1.54) is 0 Å². The van der Waals surface area contributed by atoms with Crippen LogP contribution in [0.1, 0.15) is 0 Å². The van der Waals surface area contributed by atoms with Gasteiger partial charge in [0.2, 0.25) is 9.96 Å². The first-order valence-electron chi connectivity index (χ1n) is 1.72. The van der Waals surface area contributed by atoms with E-state index in [0.717, 1.165) is 0 Å². The summed E-state index contributed by atoms with van der Waals surface area (Å²) in [4.78, 5) is 19.8. The van der Waals surface area contributed by atoms with Crippen molar-refractivity contribution >= 4 is 29.0 Å². The number of halogens is 1. The van der Waals surface area contributed by atoms with Gasteiger partial charge in [-0.25, -0.2) is 0 Å². The molecule has 0 bridgehead atoms. The summed E-state index contributed by atoms with van der Waals surface area (Å²) in [5.74, 6) is 0. The van der Waals surface area contributed by atoms with Crippen LogP contribution < -0.4 is 5.73 Å². The molecule has 0 rings (SSSR count). The first-order valence-corrected chi connectivity index (χ1v) is 4.33. The molecular formula is C3H5IN2O2. The Balaban J connectivity index is 3.80. The van der Waals surface area contributed by atoms with Gasteiger partial charge in [-0.2, -0.15) is 0 Å². The third kappa shape index (κ3) is 2.22. The molecule has 0 radical (unpaired) electrons. The lowest BCUT2D eigenvalue weighted by atomic mass is 10.6. The van der Waals surface area contributed by atoms with Crippen molar-refractivity contribution in [3.05, 3.63) is 4.91 Å². The molecule has 2 N–H and O–H groups in total. The van der Waals surface area contributed by atoms with Gasteiger partial charge in [-0.05, 0) is 25.9 Å². The minimum Gasteiger partial charge on any atom is -0.300 e. The lowest BCUT2D eigenvalue weighted by Crippen LogP contribution is -2.23. The lowest BCUT2D eigenvalue weighted by Gasteiger charge is -1.90. The zero-order valence-corrected chi connectivity index (χ0v) is 6.16. The summed E-state index contributed by atoms with van der Waals surface area (Å²) < 4.78 is 3.02. The van der Waals surface area contributed by atoms with Crippen LogP contribution in [0.4, 0.5) is 0 Å². The van der Waals surface area contributed by atoms with Crippen LogP contribution in [0.2, 0.25) is 0 Å². The molecule has 0 amide bonds. The van der Waals surface area contributed by atoms with E-state index in [-0.39, 0.29) is 3.79 Å². The molecule has 0 aliphatic rings. The van der Waals surface area contributed by atoms with Crippen molar-refractivity contribution in [2.24, 2.45) is 10.9 Å². The predicted octanol–water partition coefficient (Wildman–Crippen LogP) is -0.0331. The van der Waals surface area contributed by atoms with Gasteiger partial charge in [0.05, 0.1) is 0 Å². The number of hydrogen-bond donors (Lipinski definition) is 1. The Morgan fingerprint density at radius 1 is 1.88 bits per heavy atom. The number of hydrogen-bond acceptors (Lipinski definition) is 4. The molecule has 0 aliphatic carbocycles. The van der Waals surface area contributed by atoms with Crippen LogP contribution in [0.5, 0.6) is 0 Å². The van der Waals surface area contributed by atoms with Crippen LogP contribution in [-0.2, 0) is 4.79 Å². The van der Waals surface area contributed by atoms with Crippen molar-refractivity contribution in [1.29, 1.82) is 0 Å². The van der Waals surface area contributed by atoms with Crippen LogP contribution in [0.25, 0.3) is 0 Å². The van der Waals surface area contributed by atoms with Gasteiger partial charge in [-0.3, -0.25) is 10.5 Å². The highest BCUT2D eigenvalue weighted by Gasteiger charge is 2.07. The number of nitrogens with two attached hydrogens (primary N) is 1. The normalized spacial score (nSPS) is 12.6. The maximum Gasteiger partial charge on any atom is 0.228 e. The van der Waals surface area contributed by atoms with Crippen LogP contribution in [0, 0.1) is 4.91 Å². The number of nitroso groups, excluding NO2 is 1.